The molecule has 0 aliphatic rings. The lowest BCUT2D eigenvalue weighted by Crippen LogP contribution is -2.21. The van der Waals surface area contributed by atoms with Crippen LogP contribution in [-0.2, 0) is 6.18 Å². The number of halogens is 4. The minimum absolute atomic E-state index is 0.0792. The van der Waals surface area contributed by atoms with E-state index in [1.54, 1.807) is 18.2 Å². The first-order valence-electron chi connectivity index (χ1n) is 9.96. The van der Waals surface area contributed by atoms with Crippen LogP contribution in [-0.4, -0.2) is 32.2 Å². The molecule has 0 aliphatic heterocycles. The molecule has 182 valence electrons. The molecule has 0 aliphatic carbocycles. The summed E-state index contributed by atoms with van der Waals surface area (Å²) >= 11 is 5.60. The van der Waals surface area contributed by atoms with Gasteiger partial charge < -0.3 is 14.8 Å². The molecule has 0 aromatic heterocycles. The van der Waals surface area contributed by atoms with Gasteiger partial charge in [0.15, 0.2) is 0 Å². The number of carbonyl (C=O) groups excluding carboxylic acids is 2. The van der Waals surface area contributed by atoms with Gasteiger partial charge in [-0.2, -0.15) is 18.3 Å². The number of para-hydroxylation sites is 1. The summed E-state index contributed by atoms with van der Waals surface area (Å²) < 4.78 is 49.4. The fourth-order valence-corrected chi connectivity index (χ4v) is 3.21. The van der Waals surface area contributed by atoms with Crippen molar-refractivity contribution in [3.63, 3.8) is 0 Å². The Bertz CT molecular complexity index is 1260. The Morgan fingerprint density at radius 1 is 0.943 bits per heavy atom. The molecule has 0 atom stereocenters. The predicted octanol–water partition coefficient (Wildman–Crippen LogP) is 5.39. The van der Waals surface area contributed by atoms with E-state index in [4.69, 9.17) is 21.1 Å². The van der Waals surface area contributed by atoms with Crippen molar-refractivity contribution >= 4 is 35.3 Å². The predicted molar refractivity (Wildman–Crippen MR) is 125 cm³/mol. The highest BCUT2D eigenvalue weighted by molar-refractivity contribution is 6.31. The van der Waals surface area contributed by atoms with E-state index in [9.17, 15) is 22.8 Å². The van der Waals surface area contributed by atoms with Gasteiger partial charge in [-0.05, 0) is 42.0 Å². The van der Waals surface area contributed by atoms with Gasteiger partial charge in [0.05, 0.1) is 42.3 Å². The van der Waals surface area contributed by atoms with Crippen LogP contribution in [0.3, 0.4) is 0 Å². The van der Waals surface area contributed by atoms with E-state index in [2.05, 4.69) is 15.8 Å². The number of ether oxygens (including phenoxy) is 2. The highest BCUT2D eigenvalue weighted by Gasteiger charge is 2.33. The minimum Gasteiger partial charge on any atom is -0.497 e. The van der Waals surface area contributed by atoms with E-state index in [1.807, 2.05) is 0 Å². The van der Waals surface area contributed by atoms with E-state index in [-0.39, 0.29) is 22.4 Å². The van der Waals surface area contributed by atoms with Crippen LogP contribution in [0, 0.1) is 0 Å². The summed E-state index contributed by atoms with van der Waals surface area (Å²) in [5, 5.41) is 5.91. The first-order chi connectivity index (χ1) is 16.6. The third-order valence-corrected chi connectivity index (χ3v) is 5.04. The quantitative estimate of drug-likeness (QED) is 0.333. The van der Waals surface area contributed by atoms with Crippen LogP contribution in [0.4, 0.5) is 18.9 Å². The molecule has 0 bridgehead atoms. The average molecular weight is 506 g/mol. The Labute approximate surface area is 203 Å². The monoisotopic (exact) mass is 505 g/mol. The number of nitrogens with zero attached hydrogens (tertiary/aromatic N) is 1. The number of carbonyl (C=O) groups is 2. The molecule has 3 aromatic rings. The lowest BCUT2D eigenvalue weighted by molar-refractivity contribution is -0.137. The molecular formula is C24H19ClF3N3O4. The number of rotatable bonds is 7. The fourth-order valence-electron chi connectivity index (χ4n) is 2.99. The zero-order valence-electron chi connectivity index (χ0n) is 18.4. The normalized spacial score (nSPS) is 11.3. The van der Waals surface area contributed by atoms with Gasteiger partial charge in [0.1, 0.15) is 11.5 Å². The first-order valence-corrected chi connectivity index (χ1v) is 10.3. The molecule has 0 fully saturated rings. The number of anilines is 1. The van der Waals surface area contributed by atoms with E-state index in [1.165, 1.54) is 44.6 Å². The number of alkyl halides is 3. The van der Waals surface area contributed by atoms with Gasteiger partial charge in [-0.15, -0.1) is 0 Å². The molecule has 2 amide bonds. The Balaban J connectivity index is 1.76. The summed E-state index contributed by atoms with van der Waals surface area (Å²) in [6.07, 6.45) is -3.58. The molecule has 0 saturated carbocycles. The summed E-state index contributed by atoms with van der Waals surface area (Å²) in [5.74, 6) is -0.395. The molecule has 3 aromatic carbocycles. The first kappa shape index (κ1) is 25.6. The molecular weight excluding hydrogens is 487 g/mol. The number of hydrazone groups is 1. The maximum Gasteiger partial charge on any atom is 0.417 e. The third kappa shape index (κ3) is 6.51. The van der Waals surface area contributed by atoms with Gasteiger partial charge in [0, 0.05) is 11.6 Å². The Hall–Kier alpha value is -4.05. The molecule has 2 N–H and O–H groups in total. The summed E-state index contributed by atoms with van der Waals surface area (Å²) in [7, 11) is 2.90. The Kier molecular flexibility index (Phi) is 7.98. The summed E-state index contributed by atoms with van der Waals surface area (Å²) in [6, 6.07) is 14.0. The van der Waals surface area contributed by atoms with Crippen molar-refractivity contribution in [1.82, 2.24) is 5.43 Å². The molecule has 3 rings (SSSR count). The largest absolute Gasteiger partial charge is 0.497 e. The number of methoxy groups -OCH3 is 2. The molecule has 0 spiro atoms. The van der Waals surface area contributed by atoms with Crippen molar-refractivity contribution in [3.05, 3.63) is 87.9 Å². The third-order valence-electron chi connectivity index (χ3n) is 4.71. The molecule has 0 saturated heterocycles. The fraction of sp³-hybridized carbons (Fsp3) is 0.125. The number of nitrogens with one attached hydrogen (secondary N) is 2. The molecule has 0 unspecified atom stereocenters. The molecule has 35 heavy (non-hydrogen) atoms. The van der Waals surface area contributed by atoms with Crippen LogP contribution in [0.5, 0.6) is 11.5 Å². The zero-order chi connectivity index (χ0) is 25.6. The molecule has 0 heterocycles. The standard InChI is InChI=1S/C24H19ClF3N3O4/c1-34-16-10-15(11-17(12-16)35-2)22(32)30-21-6-4-3-5-18(21)23(33)31-29-13-14-7-8-20(25)19(9-14)24(26,27)28/h3-13H,1-2H3,(H,30,32)(H,31,33)/b29-13+. The Morgan fingerprint density at radius 2 is 1.60 bits per heavy atom. The van der Waals surface area contributed by atoms with E-state index < -0.39 is 28.6 Å². The van der Waals surface area contributed by atoms with Crippen LogP contribution < -0.4 is 20.2 Å². The zero-order valence-corrected chi connectivity index (χ0v) is 19.2. The van der Waals surface area contributed by atoms with Crippen LogP contribution >= 0.6 is 11.6 Å². The number of hydrogen-bond donors (Lipinski definition) is 2. The SMILES string of the molecule is COc1cc(OC)cc(C(=O)Nc2ccccc2C(=O)N/N=C/c2ccc(Cl)c(C(F)(F)F)c2)c1. The van der Waals surface area contributed by atoms with Gasteiger partial charge in [-0.25, -0.2) is 5.43 Å². The van der Waals surface area contributed by atoms with Gasteiger partial charge >= 0.3 is 6.18 Å². The molecule has 11 heteroatoms. The minimum atomic E-state index is -4.63. The van der Waals surface area contributed by atoms with Crippen LogP contribution in [0.2, 0.25) is 5.02 Å². The smallest absolute Gasteiger partial charge is 0.417 e. The second kappa shape index (κ2) is 10.9. The van der Waals surface area contributed by atoms with Crippen molar-refractivity contribution in [2.24, 2.45) is 5.10 Å². The number of hydrogen-bond acceptors (Lipinski definition) is 5. The van der Waals surface area contributed by atoms with E-state index in [0.29, 0.717) is 11.5 Å². The van der Waals surface area contributed by atoms with Crippen molar-refractivity contribution in [2.75, 3.05) is 19.5 Å². The summed E-state index contributed by atoms with van der Waals surface area (Å²) in [4.78, 5) is 25.4. The van der Waals surface area contributed by atoms with Gasteiger partial charge in [-0.1, -0.05) is 29.8 Å². The number of amides is 2. The second-order valence-corrected chi connectivity index (χ2v) is 7.44. The maximum atomic E-state index is 13.0. The topological polar surface area (TPSA) is 89.0 Å². The van der Waals surface area contributed by atoms with Crippen LogP contribution in [0.15, 0.2) is 65.8 Å². The lowest BCUT2D eigenvalue weighted by atomic mass is 10.1. The number of benzene rings is 3. The van der Waals surface area contributed by atoms with Crippen molar-refractivity contribution < 1.29 is 32.2 Å². The highest BCUT2D eigenvalue weighted by atomic mass is 35.5. The average Bonchev–Trinajstić information content (AvgIpc) is 2.84. The lowest BCUT2D eigenvalue weighted by Gasteiger charge is -2.12. The van der Waals surface area contributed by atoms with Crippen LogP contribution in [0.25, 0.3) is 0 Å². The second-order valence-electron chi connectivity index (χ2n) is 7.04. The summed E-state index contributed by atoms with van der Waals surface area (Å²) in [6.45, 7) is 0. The van der Waals surface area contributed by atoms with E-state index in [0.717, 1.165) is 18.3 Å². The van der Waals surface area contributed by atoms with Gasteiger partial charge in [0.2, 0.25) is 0 Å². The Morgan fingerprint density at radius 3 is 2.23 bits per heavy atom. The van der Waals surface area contributed by atoms with Crippen molar-refractivity contribution in [1.29, 1.82) is 0 Å². The van der Waals surface area contributed by atoms with Gasteiger partial charge in [-0.3, -0.25) is 9.59 Å². The highest BCUT2D eigenvalue weighted by Crippen LogP contribution is 2.34. The van der Waals surface area contributed by atoms with E-state index >= 15 is 0 Å². The van der Waals surface area contributed by atoms with Crippen LogP contribution in [0.1, 0.15) is 31.8 Å². The maximum absolute atomic E-state index is 13.0. The molecule has 0 radical (unpaired) electrons. The van der Waals surface area contributed by atoms with Crippen molar-refractivity contribution in [2.45, 2.75) is 6.18 Å². The molecule has 7 nitrogen and oxygen atoms in total. The summed E-state index contributed by atoms with van der Waals surface area (Å²) in [5.41, 5.74) is 1.81. The van der Waals surface area contributed by atoms with Crippen molar-refractivity contribution in [3.8, 4) is 11.5 Å². The van der Waals surface area contributed by atoms with Gasteiger partial charge in [0.25, 0.3) is 11.8 Å².